The van der Waals surface area contributed by atoms with Crippen LogP contribution < -0.4 is 10.1 Å². The minimum atomic E-state index is -2.91. The highest BCUT2D eigenvalue weighted by Gasteiger charge is 2.38. The molecular formula is C14H17F2NO3. The molecule has 20 heavy (non-hydrogen) atoms. The zero-order valence-corrected chi connectivity index (χ0v) is 11.4. The molecule has 0 aromatic heterocycles. The molecule has 0 saturated carbocycles. The Bertz CT molecular complexity index is 495. The zero-order valence-electron chi connectivity index (χ0n) is 11.4. The van der Waals surface area contributed by atoms with Crippen molar-refractivity contribution >= 4 is 5.91 Å². The molecule has 1 saturated heterocycles. The average Bonchev–Trinajstić information content (AvgIpc) is 2.69. The van der Waals surface area contributed by atoms with Crippen LogP contribution in [0.15, 0.2) is 24.3 Å². The first-order valence-corrected chi connectivity index (χ1v) is 6.40. The third-order valence-corrected chi connectivity index (χ3v) is 3.61. The number of hydrogen-bond donors (Lipinski definition) is 1. The standard InChI is InChI=1S/C14H17F2NO3/c1-9-14(2,6-7-19-9)17-12(18)10-4-3-5-11(8-10)20-13(15)16/h3-5,8-9,13H,6-7H2,1-2H3,(H,17,18). The molecule has 6 heteroatoms. The first-order valence-electron chi connectivity index (χ1n) is 6.40. The molecule has 0 radical (unpaired) electrons. The lowest BCUT2D eigenvalue weighted by atomic mass is 9.94. The van der Waals surface area contributed by atoms with Gasteiger partial charge in [-0.2, -0.15) is 8.78 Å². The second kappa shape index (κ2) is 5.75. The Hall–Kier alpha value is -1.69. The molecule has 1 N–H and O–H groups in total. The number of hydrogen-bond acceptors (Lipinski definition) is 3. The van der Waals surface area contributed by atoms with Crippen molar-refractivity contribution in [3.8, 4) is 5.75 Å². The van der Waals surface area contributed by atoms with Gasteiger partial charge >= 0.3 is 6.61 Å². The molecule has 1 amide bonds. The van der Waals surface area contributed by atoms with E-state index in [0.29, 0.717) is 13.0 Å². The summed E-state index contributed by atoms with van der Waals surface area (Å²) in [5.41, 5.74) is -0.167. The van der Waals surface area contributed by atoms with E-state index in [2.05, 4.69) is 10.1 Å². The number of alkyl halides is 2. The fraction of sp³-hybridized carbons (Fsp3) is 0.500. The predicted molar refractivity (Wildman–Crippen MR) is 69.0 cm³/mol. The number of benzene rings is 1. The molecule has 0 aliphatic carbocycles. The maximum Gasteiger partial charge on any atom is 0.387 e. The average molecular weight is 285 g/mol. The van der Waals surface area contributed by atoms with Crippen LogP contribution in [0.3, 0.4) is 0 Å². The quantitative estimate of drug-likeness (QED) is 0.925. The molecule has 1 aromatic carbocycles. The van der Waals surface area contributed by atoms with Crippen molar-refractivity contribution in [2.75, 3.05) is 6.61 Å². The van der Waals surface area contributed by atoms with E-state index in [0.717, 1.165) is 0 Å². The van der Waals surface area contributed by atoms with Crippen molar-refractivity contribution in [2.24, 2.45) is 0 Å². The second-order valence-electron chi connectivity index (χ2n) is 5.04. The molecule has 2 rings (SSSR count). The summed E-state index contributed by atoms with van der Waals surface area (Å²) in [6, 6.07) is 5.73. The fourth-order valence-electron chi connectivity index (χ4n) is 2.14. The summed E-state index contributed by atoms with van der Waals surface area (Å²) in [5.74, 6) is -0.363. The second-order valence-corrected chi connectivity index (χ2v) is 5.04. The Morgan fingerprint density at radius 1 is 1.55 bits per heavy atom. The Kier molecular flexibility index (Phi) is 4.23. The SMILES string of the molecule is CC1OCCC1(C)NC(=O)c1cccc(OC(F)F)c1. The molecule has 1 aromatic rings. The summed E-state index contributed by atoms with van der Waals surface area (Å²) in [7, 11) is 0. The number of ether oxygens (including phenoxy) is 2. The Morgan fingerprint density at radius 3 is 2.90 bits per heavy atom. The number of carbonyl (C=O) groups excluding carboxylic acids is 1. The number of nitrogens with one attached hydrogen (secondary N) is 1. The topological polar surface area (TPSA) is 47.6 Å². The highest BCUT2D eigenvalue weighted by Crippen LogP contribution is 2.26. The van der Waals surface area contributed by atoms with Crippen LogP contribution in [-0.4, -0.2) is 30.8 Å². The lowest BCUT2D eigenvalue weighted by molar-refractivity contribution is -0.0498. The summed E-state index contributed by atoms with van der Waals surface area (Å²) < 4.78 is 34.0. The van der Waals surface area contributed by atoms with Crippen LogP contribution in [0.5, 0.6) is 5.75 Å². The minimum Gasteiger partial charge on any atom is -0.435 e. The molecule has 4 nitrogen and oxygen atoms in total. The van der Waals surface area contributed by atoms with E-state index in [1.165, 1.54) is 18.2 Å². The number of halogens is 2. The highest BCUT2D eigenvalue weighted by atomic mass is 19.3. The van der Waals surface area contributed by atoms with Gasteiger partial charge in [0, 0.05) is 12.2 Å². The number of amides is 1. The van der Waals surface area contributed by atoms with Gasteiger partial charge in [-0.15, -0.1) is 0 Å². The van der Waals surface area contributed by atoms with E-state index in [1.807, 2.05) is 13.8 Å². The van der Waals surface area contributed by atoms with Gasteiger partial charge in [-0.3, -0.25) is 4.79 Å². The van der Waals surface area contributed by atoms with Gasteiger partial charge in [0.1, 0.15) is 5.75 Å². The van der Waals surface area contributed by atoms with Gasteiger partial charge in [0.15, 0.2) is 0 Å². The summed E-state index contributed by atoms with van der Waals surface area (Å²) >= 11 is 0. The van der Waals surface area contributed by atoms with Gasteiger partial charge in [-0.25, -0.2) is 0 Å². The van der Waals surface area contributed by atoms with Gasteiger partial charge in [-0.05, 0) is 38.5 Å². The normalized spacial score (nSPS) is 25.8. The number of rotatable bonds is 4. The Balaban J connectivity index is 2.09. The lowest BCUT2D eigenvalue weighted by Gasteiger charge is -2.28. The van der Waals surface area contributed by atoms with Gasteiger partial charge in [-0.1, -0.05) is 6.07 Å². The first-order chi connectivity index (χ1) is 9.40. The van der Waals surface area contributed by atoms with Crippen molar-refractivity contribution < 1.29 is 23.0 Å². The van der Waals surface area contributed by atoms with E-state index in [-0.39, 0.29) is 23.3 Å². The zero-order chi connectivity index (χ0) is 14.8. The van der Waals surface area contributed by atoms with E-state index in [1.54, 1.807) is 6.07 Å². The Labute approximate surface area is 116 Å². The minimum absolute atomic E-state index is 0.0338. The third-order valence-electron chi connectivity index (χ3n) is 3.61. The molecule has 1 aliphatic heterocycles. The van der Waals surface area contributed by atoms with Crippen molar-refractivity contribution in [2.45, 2.75) is 38.5 Å². The molecule has 2 atom stereocenters. The van der Waals surface area contributed by atoms with E-state index in [4.69, 9.17) is 4.74 Å². The smallest absolute Gasteiger partial charge is 0.387 e. The molecule has 2 unspecified atom stereocenters. The van der Waals surface area contributed by atoms with Crippen molar-refractivity contribution in [1.82, 2.24) is 5.32 Å². The number of carbonyl (C=O) groups is 1. The highest BCUT2D eigenvalue weighted by molar-refractivity contribution is 5.95. The lowest BCUT2D eigenvalue weighted by Crippen LogP contribution is -2.50. The van der Waals surface area contributed by atoms with Crippen LogP contribution in [0.1, 0.15) is 30.6 Å². The van der Waals surface area contributed by atoms with Crippen LogP contribution in [-0.2, 0) is 4.74 Å². The molecule has 1 heterocycles. The maximum atomic E-state index is 12.2. The van der Waals surface area contributed by atoms with Crippen LogP contribution in [0.2, 0.25) is 0 Å². The summed E-state index contributed by atoms with van der Waals surface area (Å²) in [6.45, 7) is 1.48. The monoisotopic (exact) mass is 285 g/mol. The summed E-state index contributed by atoms with van der Waals surface area (Å²) in [5, 5.41) is 2.89. The van der Waals surface area contributed by atoms with Gasteiger partial charge in [0.25, 0.3) is 5.91 Å². The van der Waals surface area contributed by atoms with Gasteiger partial charge in [0.05, 0.1) is 11.6 Å². The molecule has 1 aliphatic rings. The molecule has 0 bridgehead atoms. The Morgan fingerprint density at radius 2 is 2.30 bits per heavy atom. The van der Waals surface area contributed by atoms with Gasteiger partial charge in [0.2, 0.25) is 0 Å². The largest absolute Gasteiger partial charge is 0.435 e. The van der Waals surface area contributed by atoms with Crippen LogP contribution in [0.4, 0.5) is 8.78 Å². The third kappa shape index (κ3) is 3.25. The maximum absolute atomic E-state index is 12.2. The van der Waals surface area contributed by atoms with E-state index < -0.39 is 12.2 Å². The van der Waals surface area contributed by atoms with Crippen LogP contribution in [0, 0.1) is 0 Å². The van der Waals surface area contributed by atoms with Crippen molar-refractivity contribution in [3.05, 3.63) is 29.8 Å². The molecule has 0 spiro atoms. The van der Waals surface area contributed by atoms with Crippen molar-refractivity contribution in [3.63, 3.8) is 0 Å². The predicted octanol–water partition coefficient (Wildman–Crippen LogP) is 2.59. The molecule has 110 valence electrons. The van der Waals surface area contributed by atoms with Crippen LogP contribution in [0.25, 0.3) is 0 Å². The summed E-state index contributed by atoms with van der Waals surface area (Å²) in [6.07, 6.45) is 0.625. The fourth-order valence-corrected chi connectivity index (χ4v) is 2.14. The molecular weight excluding hydrogens is 268 g/mol. The van der Waals surface area contributed by atoms with Gasteiger partial charge < -0.3 is 14.8 Å². The molecule has 1 fully saturated rings. The van der Waals surface area contributed by atoms with E-state index >= 15 is 0 Å². The first kappa shape index (κ1) is 14.7. The van der Waals surface area contributed by atoms with E-state index in [9.17, 15) is 13.6 Å². The summed E-state index contributed by atoms with van der Waals surface area (Å²) in [4.78, 5) is 12.2. The van der Waals surface area contributed by atoms with Crippen LogP contribution >= 0.6 is 0 Å². The van der Waals surface area contributed by atoms with Crippen molar-refractivity contribution in [1.29, 1.82) is 0 Å².